The Morgan fingerprint density at radius 2 is 2.17 bits per heavy atom. The van der Waals surface area contributed by atoms with Crippen molar-refractivity contribution in [2.45, 2.75) is 25.4 Å². The van der Waals surface area contributed by atoms with Crippen molar-refractivity contribution in [2.75, 3.05) is 0 Å². The third-order valence-corrected chi connectivity index (χ3v) is 3.18. The second-order valence-electron chi connectivity index (χ2n) is 4.30. The Morgan fingerprint density at radius 1 is 1.33 bits per heavy atom. The molecule has 1 fully saturated rings. The Morgan fingerprint density at radius 3 is 2.89 bits per heavy atom. The molecule has 7 nitrogen and oxygen atoms in total. The number of nitrogens with one attached hydrogen (secondary N) is 1. The molecule has 18 heavy (non-hydrogen) atoms. The third-order valence-electron chi connectivity index (χ3n) is 3.18. The molecule has 3 rings (SSSR count). The molecule has 0 spiro atoms. The highest BCUT2D eigenvalue weighted by Gasteiger charge is 2.39. The first-order chi connectivity index (χ1) is 8.66. The van der Waals surface area contributed by atoms with Crippen molar-refractivity contribution >= 4 is 17.7 Å². The zero-order valence-electron chi connectivity index (χ0n) is 9.42. The van der Waals surface area contributed by atoms with E-state index in [0.29, 0.717) is 24.2 Å². The van der Waals surface area contributed by atoms with Gasteiger partial charge in [-0.2, -0.15) is 0 Å². The first-order valence-corrected chi connectivity index (χ1v) is 5.60. The number of piperidine rings is 1. The molecule has 1 saturated heterocycles. The fourth-order valence-electron chi connectivity index (χ4n) is 2.29. The molecule has 0 bridgehead atoms. The molecule has 7 heteroatoms. The SMILES string of the molecule is O=C1CCC(N2Cc3cncnc3C2=O)C(=O)N1. The van der Waals surface area contributed by atoms with E-state index in [4.69, 9.17) is 0 Å². The van der Waals surface area contributed by atoms with Gasteiger partial charge in [0.2, 0.25) is 11.8 Å². The molecule has 0 aromatic carbocycles. The van der Waals surface area contributed by atoms with Gasteiger partial charge in [-0.15, -0.1) is 0 Å². The van der Waals surface area contributed by atoms with E-state index >= 15 is 0 Å². The Kier molecular flexibility index (Phi) is 2.32. The topological polar surface area (TPSA) is 92.3 Å². The molecule has 2 aliphatic rings. The van der Waals surface area contributed by atoms with Gasteiger partial charge in [0.15, 0.2) is 0 Å². The first-order valence-electron chi connectivity index (χ1n) is 5.60. The number of nitrogens with zero attached hydrogens (tertiary/aromatic N) is 3. The Labute approximate surface area is 102 Å². The van der Waals surface area contributed by atoms with E-state index in [-0.39, 0.29) is 18.2 Å². The lowest BCUT2D eigenvalue weighted by Gasteiger charge is -2.29. The summed E-state index contributed by atoms with van der Waals surface area (Å²) in [4.78, 5) is 44.1. The monoisotopic (exact) mass is 246 g/mol. The van der Waals surface area contributed by atoms with Crippen LogP contribution in [0.4, 0.5) is 0 Å². The number of carbonyl (C=O) groups is 3. The molecule has 1 atom stereocenters. The van der Waals surface area contributed by atoms with Crippen LogP contribution in [0.15, 0.2) is 12.5 Å². The van der Waals surface area contributed by atoms with Gasteiger partial charge in [-0.3, -0.25) is 19.7 Å². The number of hydrogen-bond acceptors (Lipinski definition) is 5. The molecule has 1 unspecified atom stereocenters. The minimum absolute atomic E-state index is 0.252. The molecule has 3 heterocycles. The van der Waals surface area contributed by atoms with Gasteiger partial charge in [0.1, 0.15) is 18.1 Å². The van der Waals surface area contributed by atoms with Gasteiger partial charge in [0.05, 0.1) is 6.54 Å². The van der Waals surface area contributed by atoms with Crippen LogP contribution < -0.4 is 5.32 Å². The molecule has 1 aromatic heterocycles. The number of imide groups is 1. The lowest BCUT2D eigenvalue weighted by atomic mass is 10.0. The molecular weight excluding hydrogens is 236 g/mol. The van der Waals surface area contributed by atoms with Gasteiger partial charge in [-0.25, -0.2) is 9.97 Å². The number of aromatic nitrogens is 2. The van der Waals surface area contributed by atoms with Gasteiger partial charge in [-0.1, -0.05) is 0 Å². The van der Waals surface area contributed by atoms with Crippen molar-refractivity contribution in [2.24, 2.45) is 0 Å². The van der Waals surface area contributed by atoms with Crippen LogP contribution in [-0.4, -0.2) is 38.6 Å². The maximum absolute atomic E-state index is 12.1. The van der Waals surface area contributed by atoms with Crippen molar-refractivity contribution in [3.8, 4) is 0 Å². The Hall–Kier alpha value is -2.31. The zero-order valence-corrected chi connectivity index (χ0v) is 9.42. The number of amides is 3. The summed E-state index contributed by atoms with van der Waals surface area (Å²) in [6.45, 7) is 0.321. The van der Waals surface area contributed by atoms with Crippen LogP contribution in [-0.2, 0) is 16.1 Å². The van der Waals surface area contributed by atoms with Gasteiger partial charge in [-0.05, 0) is 6.42 Å². The second kappa shape index (κ2) is 3.86. The standard InChI is InChI=1S/C11H10N4O3/c16-8-2-1-7(10(17)14-8)15-4-6-3-12-5-13-9(6)11(15)18/h3,5,7H,1-2,4H2,(H,14,16,17). The van der Waals surface area contributed by atoms with Crippen LogP contribution in [0.5, 0.6) is 0 Å². The lowest BCUT2D eigenvalue weighted by molar-refractivity contribution is -0.136. The van der Waals surface area contributed by atoms with Crippen LogP contribution in [0.3, 0.4) is 0 Å². The summed E-state index contributed by atoms with van der Waals surface area (Å²) < 4.78 is 0. The van der Waals surface area contributed by atoms with Crippen molar-refractivity contribution in [1.29, 1.82) is 0 Å². The first kappa shape index (κ1) is 10.8. The van der Waals surface area contributed by atoms with Crippen LogP contribution in [0.25, 0.3) is 0 Å². The van der Waals surface area contributed by atoms with Crippen molar-refractivity contribution in [3.63, 3.8) is 0 Å². The highest BCUT2D eigenvalue weighted by atomic mass is 16.2. The van der Waals surface area contributed by atoms with Crippen LogP contribution in [0.2, 0.25) is 0 Å². The molecule has 92 valence electrons. The maximum Gasteiger partial charge on any atom is 0.273 e. The second-order valence-corrected chi connectivity index (χ2v) is 4.30. The van der Waals surface area contributed by atoms with E-state index in [0.717, 1.165) is 0 Å². The van der Waals surface area contributed by atoms with Crippen LogP contribution in [0.1, 0.15) is 28.9 Å². The predicted octanol–water partition coefficient (Wildman–Crippen LogP) is -0.762. The van der Waals surface area contributed by atoms with E-state index in [1.165, 1.54) is 11.2 Å². The molecule has 0 radical (unpaired) electrons. The minimum atomic E-state index is -0.593. The fourth-order valence-corrected chi connectivity index (χ4v) is 2.29. The predicted molar refractivity (Wildman–Crippen MR) is 58.1 cm³/mol. The van der Waals surface area contributed by atoms with Crippen molar-refractivity contribution in [3.05, 3.63) is 23.8 Å². The molecule has 1 N–H and O–H groups in total. The van der Waals surface area contributed by atoms with E-state index < -0.39 is 11.9 Å². The summed E-state index contributed by atoms with van der Waals surface area (Å²) in [6, 6.07) is -0.593. The summed E-state index contributed by atoms with van der Waals surface area (Å²) >= 11 is 0. The normalized spacial score (nSPS) is 23.0. The van der Waals surface area contributed by atoms with Gasteiger partial charge in [0.25, 0.3) is 5.91 Å². The number of rotatable bonds is 1. The quantitative estimate of drug-likeness (QED) is 0.657. The van der Waals surface area contributed by atoms with Gasteiger partial charge >= 0.3 is 0 Å². The third kappa shape index (κ3) is 1.55. The molecule has 0 saturated carbocycles. The van der Waals surface area contributed by atoms with Crippen LogP contribution in [0, 0.1) is 0 Å². The minimum Gasteiger partial charge on any atom is -0.321 e. The summed E-state index contributed by atoms with van der Waals surface area (Å²) in [7, 11) is 0. The lowest BCUT2D eigenvalue weighted by Crippen LogP contribution is -2.52. The molecule has 3 amide bonds. The average Bonchev–Trinajstić information content (AvgIpc) is 2.68. The Balaban J connectivity index is 1.86. The summed E-state index contributed by atoms with van der Waals surface area (Å²) in [5.74, 6) is -0.984. The van der Waals surface area contributed by atoms with Crippen LogP contribution >= 0.6 is 0 Å². The molecule has 1 aromatic rings. The van der Waals surface area contributed by atoms with E-state index in [1.807, 2.05) is 0 Å². The maximum atomic E-state index is 12.1. The van der Waals surface area contributed by atoms with Gasteiger partial charge < -0.3 is 4.90 Å². The average molecular weight is 246 g/mol. The summed E-state index contributed by atoms with van der Waals surface area (Å²) in [5.41, 5.74) is 1.06. The van der Waals surface area contributed by atoms with Crippen molar-refractivity contribution < 1.29 is 14.4 Å². The van der Waals surface area contributed by atoms with E-state index in [9.17, 15) is 14.4 Å². The van der Waals surface area contributed by atoms with Crippen molar-refractivity contribution in [1.82, 2.24) is 20.2 Å². The fraction of sp³-hybridized carbons (Fsp3) is 0.364. The van der Waals surface area contributed by atoms with E-state index in [2.05, 4.69) is 15.3 Å². The highest BCUT2D eigenvalue weighted by molar-refractivity contribution is 6.04. The Bertz CT molecular complexity index is 557. The highest BCUT2D eigenvalue weighted by Crippen LogP contribution is 2.24. The number of carbonyl (C=O) groups excluding carboxylic acids is 3. The van der Waals surface area contributed by atoms with Gasteiger partial charge in [0, 0.05) is 18.2 Å². The largest absolute Gasteiger partial charge is 0.321 e. The number of fused-ring (bicyclic) bond motifs is 1. The van der Waals surface area contributed by atoms with E-state index in [1.54, 1.807) is 6.20 Å². The molecule has 0 aliphatic carbocycles. The summed E-state index contributed by atoms with van der Waals surface area (Å²) in [6.07, 6.45) is 3.50. The number of hydrogen-bond donors (Lipinski definition) is 1. The molecular formula is C11H10N4O3. The smallest absolute Gasteiger partial charge is 0.273 e. The summed E-state index contributed by atoms with van der Waals surface area (Å²) in [5, 5.41) is 2.25. The zero-order chi connectivity index (χ0) is 12.7. The molecule has 2 aliphatic heterocycles.